The normalized spacial score (nSPS) is 11.3. The Bertz CT molecular complexity index is 528. The van der Waals surface area contributed by atoms with Crippen LogP contribution in [0.4, 0.5) is 4.39 Å². The maximum absolute atomic E-state index is 12.7. The van der Waals surface area contributed by atoms with Crippen molar-refractivity contribution < 1.29 is 9.13 Å². The van der Waals surface area contributed by atoms with Crippen LogP contribution in [-0.2, 0) is 0 Å². The van der Waals surface area contributed by atoms with Crippen LogP contribution in [0.15, 0.2) is 34.3 Å². The lowest BCUT2D eigenvalue weighted by molar-refractivity contribution is 0.328. The summed E-state index contributed by atoms with van der Waals surface area (Å²) in [7, 11) is 0. The molecule has 0 aliphatic rings. The molecule has 0 aliphatic carbocycles. The molecule has 1 aromatic heterocycles. The van der Waals surface area contributed by atoms with E-state index in [1.54, 1.807) is 0 Å². The predicted octanol–water partition coefficient (Wildman–Crippen LogP) is 2.98. The Labute approximate surface area is 112 Å². The molecule has 0 bridgehead atoms. The fourth-order valence-corrected chi connectivity index (χ4v) is 1.39. The minimum Gasteiger partial charge on any atom is -0.461 e. The van der Waals surface area contributed by atoms with Crippen LogP contribution in [0.3, 0.4) is 0 Å². The van der Waals surface area contributed by atoms with Crippen molar-refractivity contribution in [1.82, 2.24) is 9.97 Å². The number of nitrogens with zero attached hydrogens (tertiary/aromatic N) is 1. The van der Waals surface area contributed by atoms with Crippen LogP contribution in [0.1, 0.15) is 33.6 Å². The van der Waals surface area contributed by atoms with E-state index in [9.17, 15) is 9.18 Å². The first kappa shape index (κ1) is 15.1. The van der Waals surface area contributed by atoms with E-state index < -0.39 is 11.4 Å². The van der Waals surface area contributed by atoms with E-state index in [0.29, 0.717) is 6.61 Å². The van der Waals surface area contributed by atoms with Crippen molar-refractivity contribution in [2.24, 2.45) is 0 Å². The van der Waals surface area contributed by atoms with E-state index in [2.05, 4.69) is 29.9 Å². The summed E-state index contributed by atoms with van der Waals surface area (Å²) < 4.78 is 17.9. The molecular weight excluding hydrogens is 247 g/mol. The standard InChI is InChI=1S/C14H19FN2O2/c1-10(2)5-4-6-11(3)7-8-19-14-16-9-12(15)13(18)17-14/h5,7,9H,4,6,8H2,1-3H3,(H,16,17,18). The van der Waals surface area contributed by atoms with Crippen LogP contribution in [0.25, 0.3) is 0 Å². The monoisotopic (exact) mass is 266 g/mol. The lowest BCUT2D eigenvalue weighted by Crippen LogP contribution is -2.13. The molecule has 0 spiro atoms. The third-order valence-electron chi connectivity index (χ3n) is 2.48. The van der Waals surface area contributed by atoms with E-state index in [-0.39, 0.29) is 6.01 Å². The molecule has 1 N–H and O–H groups in total. The highest BCUT2D eigenvalue weighted by molar-refractivity contribution is 5.03. The van der Waals surface area contributed by atoms with Crippen molar-refractivity contribution in [3.05, 3.63) is 45.7 Å². The number of aromatic amines is 1. The summed E-state index contributed by atoms with van der Waals surface area (Å²) in [6.07, 6.45) is 6.90. The quantitative estimate of drug-likeness (QED) is 0.805. The van der Waals surface area contributed by atoms with Gasteiger partial charge >= 0.3 is 0 Å². The molecule has 0 radical (unpaired) electrons. The highest BCUT2D eigenvalue weighted by atomic mass is 19.1. The molecule has 0 amide bonds. The average molecular weight is 266 g/mol. The van der Waals surface area contributed by atoms with Crippen molar-refractivity contribution in [1.29, 1.82) is 0 Å². The van der Waals surface area contributed by atoms with Crippen LogP contribution in [0, 0.1) is 5.82 Å². The van der Waals surface area contributed by atoms with E-state index >= 15 is 0 Å². The van der Waals surface area contributed by atoms with Gasteiger partial charge in [-0.25, -0.2) is 4.98 Å². The van der Waals surface area contributed by atoms with Gasteiger partial charge in [-0.05, 0) is 39.7 Å². The summed E-state index contributed by atoms with van der Waals surface area (Å²) in [5.74, 6) is -0.916. The Hall–Kier alpha value is -1.91. The van der Waals surface area contributed by atoms with Crippen LogP contribution < -0.4 is 10.3 Å². The second kappa shape index (κ2) is 7.51. The first-order valence-electron chi connectivity index (χ1n) is 6.15. The van der Waals surface area contributed by atoms with Crippen LogP contribution in [0.2, 0.25) is 0 Å². The van der Waals surface area contributed by atoms with Crippen LogP contribution in [-0.4, -0.2) is 16.6 Å². The molecule has 1 rings (SSSR count). The second-order valence-electron chi connectivity index (χ2n) is 4.55. The van der Waals surface area contributed by atoms with Crippen LogP contribution in [0.5, 0.6) is 6.01 Å². The topological polar surface area (TPSA) is 55.0 Å². The van der Waals surface area contributed by atoms with Crippen molar-refractivity contribution >= 4 is 0 Å². The Balaban J connectivity index is 2.42. The average Bonchev–Trinajstić information content (AvgIpc) is 2.33. The van der Waals surface area contributed by atoms with Gasteiger partial charge in [-0.1, -0.05) is 17.2 Å². The highest BCUT2D eigenvalue weighted by Gasteiger charge is 2.00. The molecular formula is C14H19FN2O2. The summed E-state index contributed by atoms with van der Waals surface area (Å²) in [5.41, 5.74) is 1.67. The third-order valence-corrected chi connectivity index (χ3v) is 2.48. The number of ether oxygens (including phenoxy) is 1. The fraction of sp³-hybridized carbons (Fsp3) is 0.429. The number of H-pyrrole nitrogens is 1. The summed E-state index contributed by atoms with van der Waals surface area (Å²) in [6, 6.07) is 0.0275. The second-order valence-corrected chi connectivity index (χ2v) is 4.55. The van der Waals surface area contributed by atoms with Crippen molar-refractivity contribution in [3.8, 4) is 6.01 Å². The van der Waals surface area contributed by atoms with E-state index in [1.807, 2.05) is 13.0 Å². The van der Waals surface area contributed by atoms with Gasteiger partial charge in [-0.15, -0.1) is 0 Å². The van der Waals surface area contributed by atoms with E-state index in [0.717, 1.165) is 19.0 Å². The molecule has 4 nitrogen and oxygen atoms in total. The molecule has 104 valence electrons. The zero-order valence-corrected chi connectivity index (χ0v) is 11.5. The molecule has 0 aromatic carbocycles. The minimum atomic E-state index is -0.916. The molecule has 5 heteroatoms. The maximum Gasteiger partial charge on any atom is 0.296 e. The lowest BCUT2D eigenvalue weighted by Gasteiger charge is -2.02. The largest absolute Gasteiger partial charge is 0.461 e. The number of halogens is 1. The maximum atomic E-state index is 12.7. The smallest absolute Gasteiger partial charge is 0.296 e. The lowest BCUT2D eigenvalue weighted by atomic mass is 10.1. The van der Waals surface area contributed by atoms with Crippen molar-refractivity contribution in [3.63, 3.8) is 0 Å². The first-order valence-corrected chi connectivity index (χ1v) is 6.15. The zero-order valence-electron chi connectivity index (χ0n) is 11.5. The van der Waals surface area contributed by atoms with Gasteiger partial charge in [0.05, 0.1) is 6.20 Å². The number of rotatable bonds is 6. The molecule has 19 heavy (non-hydrogen) atoms. The Morgan fingerprint density at radius 2 is 2.16 bits per heavy atom. The highest BCUT2D eigenvalue weighted by Crippen LogP contribution is 2.06. The number of hydrogen-bond donors (Lipinski definition) is 1. The van der Waals surface area contributed by atoms with E-state index in [1.165, 1.54) is 11.1 Å². The molecule has 0 aliphatic heterocycles. The first-order chi connectivity index (χ1) is 8.99. The number of aromatic nitrogens is 2. The fourth-order valence-electron chi connectivity index (χ4n) is 1.39. The van der Waals surface area contributed by atoms with Crippen LogP contribution >= 0.6 is 0 Å². The number of allylic oxidation sites excluding steroid dienone is 3. The Morgan fingerprint density at radius 1 is 1.42 bits per heavy atom. The SMILES string of the molecule is CC(C)=CCCC(C)=CCOc1ncc(F)c(=O)[nH]1. The van der Waals surface area contributed by atoms with Gasteiger partial charge in [0.2, 0.25) is 5.82 Å². The summed E-state index contributed by atoms with van der Waals surface area (Å²) in [5, 5.41) is 0. The van der Waals surface area contributed by atoms with Gasteiger partial charge in [0.25, 0.3) is 11.6 Å². The van der Waals surface area contributed by atoms with Gasteiger partial charge in [-0.3, -0.25) is 9.78 Å². The summed E-state index contributed by atoms with van der Waals surface area (Å²) in [6.45, 7) is 6.45. The van der Waals surface area contributed by atoms with E-state index in [4.69, 9.17) is 4.74 Å². The molecule has 0 unspecified atom stereocenters. The van der Waals surface area contributed by atoms with Crippen molar-refractivity contribution in [2.45, 2.75) is 33.6 Å². The van der Waals surface area contributed by atoms with Gasteiger partial charge in [0, 0.05) is 0 Å². The third kappa shape index (κ3) is 5.99. The predicted molar refractivity (Wildman–Crippen MR) is 72.7 cm³/mol. The van der Waals surface area contributed by atoms with Gasteiger partial charge in [0.1, 0.15) is 6.61 Å². The van der Waals surface area contributed by atoms with Gasteiger partial charge in [-0.2, -0.15) is 4.39 Å². The number of nitrogens with one attached hydrogen (secondary N) is 1. The number of hydrogen-bond acceptors (Lipinski definition) is 3. The molecule has 0 saturated heterocycles. The van der Waals surface area contributed by atoms with Crippen molar-refractivity contribution in [2.75, 3.05) is 6.61 Å². The summed E-state index contributed by atoms with van der Waals surface area (Å²) >= 11 is 0. The zero-order chi connectivity index (χ0) is 14.3. The molecule has 1 aromatic rings. The molecule has 1 heterocycles. The summed E-state index contributed by atoms with van der Waals surface area (Å²) in [4.78, 5) is 16.8. The molecule has 0 atom stereocenters. The minimum absolute atomic E-state index is 0.0275. The molecule has 0 saturated carbocycles. The Morgan fingerprint density at radius 3 is 2.79 bits per heavy atom. The Kier molecular flexibility index (Phi) is 5.99. The van der Waals surface area contributed by atoms with Gasteiger partial charge in [0.15, 0.2) is 0 Å². The molecule has 0 fully saturated rings. The van der Waals surface area contributed by atoms with Gasteiger partial charge < -0.3 is 4.74 Å².